The van der Waals surface area contributed by atoms with E-state index in [9.17, 15) is 13.2 Å². The van der Waals surface area contributed by atoms with Gasteiger partial charge < -0.3 is 10.1 Å². The first-order valence-electron chi connectivity index (χ1n) is 4.94. The second-order valence-electron chi connectivity index (χ2n) is 3.30. The Labute approximate surface area is 92.4 Å². The summed E-state index contributed by atoms with van der Waals surface area (Å²) in [7, 11) is 1.44. The summed E-state index contributed by atoms with van der Waals surface area (Å²) in [4.78, 5) is 0. The maximum atomic E-state index is 12.5. The lowest BCUT2D eigenvalue weighted by molar-refractivity contribution is -0.137. The molecule has 1 aromatic carbocycles. The van der Waals surface area contributed by atoms with E-state index >= 15 is 0 Å². The second-order valence-corrected chi connectivity index (χ2v) is 3.30. The van der Waals surface area contributed by atoms with E-state index in [1.54, 1.807) is 0 Å². The zero-order chi connectivity index (χ0) is 12.2. The molecular weight excluding hydrogens is 219 g/mol. The van der Waals surface area contributed by atoms with E-state index in [-0.39, 0.29) is 0 Å². The average molecular weight is 233 g/mol. The molecule has 0 aliphatic heterocycles. The van der Waals surface area contributed by atoms with Crippen molar-refractivity contribution in [3.8, 4) is 5.75 Å². The van der Waals surface area contributed by atoms with Gasteiger partial charge in [0.05, 0.1) is 12.7 Å². The van der Waals surface area contributed by atoms with Gasteiger partial charge in [0.1, 0.15) is 5.75 Å². The second kappa shape index (κ2) is 5.21. The Morgan fingerprint density at radius 1 is 1.31 bits per heavy atom. The van der Waals surface area contributed by atoms with Crippen molar-refractivity contribution in [3.05, 3.63) is 29.3 Å². The van der Waals surface area contributed by atoms with Gasteiger partial charge in [0.15, 0.2) is 0 Å². The molecule has 1 rings (SSSR count). The third-order valence-electron chi connectivity index (χ3n) is 2.17. The zero-order valence-corrected chi connectivity index (χ0v) is 9.19. The van der Waals surface area contributed by atoms with Crippen LogP contribution in [0.25, 0.3) is 0 Å². The fraction of sp³-hybridized carbons (Fsp3) is 0.455. The first-order valence-corrected chi connectivity index (χ1v) is 4.94. The predicted octanol–water partition coefficient (Wildman–Crippen LogP) is 2.82. The van der Waals surface area contributed by atoms with Crippen molar-refractivity contribution in [3.63, 3.8) is 0 Å². The topological polar surface area (TPSA) is 21.3 Å². The molecule has 0 aromatic heterocycles. The van der Waals surface area contributed by atoms with Gasteiger partial charge in [-0.2, -0.15) is 13.2 Å². The summed E-state index contributed by atoms with van der Waals surface area (Å²) in [5, 5.41) is 2.97. The van der Waals surface area contributed by atoms with E-state index in [1.807, 2.05) is 6.92 Å². The molecule has 5 heteroatoms. The number of alkyl halides is 3. The van der Waals surface area contributed by atoms with Gasteiger partial charge in [-0.15, -0.1) is 0 Å². The number of rotatable bonds is 4. The largest absolute Gasteiger partial charge is 0.496 e. The summed E-state index contributed by atoms with van der Waals surface area (Å²) in [6, 6.07) is 3.48. The van der Waals surface area contributed by atoms with Crippen LogP contribution in [-0.4, -0.2) is 13.7 Å². The van der Waals surface area contributed by atoms with E-state index in [2.05, 4.69) is 5.32 Å². The highest BCUT2D eigenvalue weighted by Crippen LogP contribution is 2.32. The van der Waals surface area contributed by atoms with Gasteiger partial charge in [-0.1, -0.05) is 6.92 Å². The summed E-state index contributed by atoms with van der Waals surface area (Å²) in [5.41, 5.74) is -0.139. The molecule has 0 fully saturated rings. The lowest BCUT2D eigenvalue weighted by Crippen LogP contribution is -2.14. The summed E-state index contributed by atoms with van der Waals surface area (Å²) in [6.07, 6.45) is -4.31. The Morgan fingerprint density at radius 2 is 2.00 bits per heavy atom. The Kier molecular flexibility index (Phi) is 4.18. The first-order chi connectivity index (χ1) is 7.49. The third-order valence-corrected chi connectivity index (χ3v) is 2.17. The van der Waals surface area contributed by atoms with Crippen LogP contribution in [0.15, 0.2) is 18.2 Å². The fourth-order valence-electron chi connectivity index (χ4n) is 1.35. The molecular formula is C11H14F3NO. The smallest absolute Gasteiger partial charge is 0.416 e. The van der Waals surface area contributed by atoms with Crippen LogP contribution in [0.3, 0.4) is 0 Å². The van der Waals surface area contributed by atoms with Crippen molar-refractivity contribution in [2.75, 3.05) is 13.7 Å². The first kappa shape index (κ1) is 12.8. The van der Waals surface area contributed by atoms with Crippen LogP contribution in [0.1, 0.15) is 18.1 Å². The molecule has 1 N–H and O–H groups in total. The molecule has 0 aliphatic rings. The summed E-state index contributed by atoms with van der Waals surface area (Å²) in [6.45, 7) is 2.95. The van der Waals surface area contributed by atoms with Gasteiger partial charge in [0, 0.05) is 12.1 Å². The average Bonchev–Trinajstić information content (AvgIpc) is 2.24. The summed E-state index contributed by atoms with van der Waals surface area (Å²) in [5.74, 6) is 0.467. The quantitative estimate of drug-likeness (QED) is 0.863. The van der Waals surface area contributed by atoms with Crippen molar-refractivity contribution in [2.24, 2.45) is 0 Å². The molecule has 1 aromatic rings. The summed E-state index contributed by atoms with van der Waals surface area (Å²) < 4.78 is 42.4. The molecule has 0 saturated heterocycles. The van der Waals surface area contributed by atoms with Gasteiger partial charge in [-0.05, 0) is 24.7 Å². The van der Waals surface area contributed by atoms with Gasteiger partial charge in [0.25, 0.3) is 0 Å². The van der Waals surface area contributed by atoms with Gasteiger partial charge in [0.2, 0.25) is 0 Å². The zero-order valence-electron chi connectivity index (χ0n) is 9.19. The van der Waals surface area contributed by atoms with E-state index in [4.69, 9.17) is 4.74 Å². The van der Waals surface area contributed by atoms with Crippen molar-refractivity contribution in [1.29, 1.82) is 0 Å². The Balaban J connectivity index is 3.01. The van der Waals surface area contributed by atoms with Crippen LogP contribution in [0.5, 0.6) is 5.75 Å². The lowest BCUT2D eigenvalue weighted by atomic mass is 10.1. The number of nitrogens with one attached hydrogen (secondary N) is 1. The third kappa shape index (κ3) is 3.13. The molecule has 0 saturated carbocycles. The molecule has 0 radical (unpaired) electrons. The molecule has 0 bridgehead atoms. The fourth-order valence-corrected chi connectivity index (χ4v) is 1.35. The molecule has 0 aliphatic carbocycles. The van der Waals surface area contributed by atoms with Crippen molar-refractivity contribution in [2.45, 2.75) is 19.6 Å². The maximum absolute atomic E-state index is 12.5. The van der Waals surface area contributed by atoms with Crippen LogP contribution in [0, 0.1) is 0 Å². The minimum Gasteiger partial charge on any atom is -0.496 e. The van der Waals surface area contributed by atoms with Crippen molar-refractivity contribution in [1.82, 2.24) is 5.32 Å². The molecule has 0 spiro atoms. The molecule has 0 unspecified atom stereocenters. The molecule has 0 atom stereocenters. The van der Waals surface area contributed by atoms with Gasteiger partial charge >= 0.3 is 6.18 Å². The van der Waals surface area contributed by atoms with Crippen LogP contribution >= 0.6 is 0 Å². The minimum atomic E-state index is -4.31. The van der Waals surface area contributed by atoms with Crippen LogP contribution < -0.4 is 10.1 Å². The highest BCUT2D eigenvalue weighted by Gasteiger charge is 2.30. The lowest BCUT2D eigenvalue weighted by Gasteiger charge is -2.12. The molecule has 0 amide bonds. The Bertz CT molecular complexity index is 350. The SMILES string of the molecule is CCNCc1cc(C(F)(F)F)ccc1OC. The van der Waals surface area contributed by atoms with E-state index in [0.717, 1.165) is 12.1 Å². The highest BCUT2D eigenvalue weighted by atomic mass is 19.4. The molecule has 90 valence electrons. The molecule has 16 heavy (non-hydrogen) atoms. The van der Waals surface area contributed by atoms with Gasteiger partial charge in [-0.3, -0.25) is 0 Å². The number of ether oxygens (including phenoxy) is 1. The van der Waals surface area contributed by atoms with Gasteiger partial charge in [-0.25, -0.2) is 0 Å². The number of hydrogen-bond acceptors (Lipinski definition) is 2. The maximum Gasteiger partial charge on any atom is 0.416 e. The van der Waals surface area contributed by atoms with E-state index < -0.39 is 11.7 Å². The number of benzene rings is 1. The van der Waals surface area contributed by atoms with E-state index in [0.29, 0.717) is 24.4 Å². The molecule has 0 heterocycles. The normalized spacial score (nSPS) is 11.6. The molecule has 2 nitrogen and oxygen atoms in total. The summed E-state index contributed by atoms with van der Waals surface area (Å²) >= 11 is 0. The van der Waals surface area contributed by atoms with Crippen LogP contribution in [-0.2, 0) is 12.7 Å². The van der Waals surface area contributed by atoms with E-state index in [1.165, 1.54) is 13.2 Å². The Morgan fingerprint density at radius 3 is 2.50 bits per heavy atom. The minimum absolute atomic E-state index is 0.365. The predicted molar refractivity (Wildman–Crippen MR) is 55.4 cm³/mol. The number of methoxy groups -OCH3 is 1. The highest BCUT2D eigenvalue weighted by molar-refractivity contribution is 5.38. The standard InChI is InChI=1S/C11H14F3NO/c1-3-15-7-8-6-9(11(12,13)14)4-5-10(8)16-2/h4-6,15H,3,7H2,1-2H3. The van der Waals surface area contributed by atoms with Crippen molar-refractivity contribution >= 4 is 0 Å². The number of hydrogen-bond donors (Lipinski definition) is 1. The monoisotopic (exact) mass is 233 g/mol. The Hall–Kier alpha value is -1.23. The number of halogens is 3. The van der Waals surface area contributed by atoms with Crippen LogP contribution in [0.2, 0.25) is 0 Å². The van der Waals surface area contributed by atoms with Crippen molar-refractivity contribution < 1.29 is 17.9 Å². The van der Waals surface area contributed by atoms with Crippen LogP contribution in [0.4, 0.5) is 13.2 Å².